The molecule has 1 unspecified atom stereocenters. The van der Waals surface area contributed by atoms with Gasteiger partial charge in [-0.25, -0.2) is 0 Å². The molecule has 1 saturated heterocycles. The molecule has 0 spiro atoms. The smallest absolute Gasteiger partial charge is 0.223 e. The molecule has 1 rings (SSSR count). The Morgan fingerprint density at radius 3 is 3.00 bits per heavy atom. The van der Waals surface area contributed by atoms with Crippen LogP contribution in [-0.4, -0.2) is 36.6 Å². The van der Waals surface area contributed by atoms with E-state index in [1.165, 1.54) is 0 Å². The molecule has 3 nitrogen and oxygen atoms in total. The number of nitrogens with zero attached hydrogens (tertiary/aromatic N) is 1. The molecule has 3 heteroatoms. The first-order chi connectivity index (χ1) is 7.27. The molecule has 0 aromatic rings. The van der Waals surface area contributed by atoms with E-state index in [0.717, 1.165) is 25.9 Å². The largest absolute Gasteiger partial charge is 0.378 e. The molecule has 1 atom stereocenters. The van der Waals surface area contributed by atoms with Crippen molar-refractivity contribution < 1.29 is 9.53 Å². The van der Waals surface area contributed by atoms with Gasteiger partial charge in [0.1, 0.15) is 0 Å². The van der Waals surface area contributed by atoms with Gasteiger partial charge in [0.2, 0.25) is 5.91 Å². The van der Waals surface area contributed by atoms with E-state index in [-0.39, 0.29) is 5.91 Å². The Kier molecular flexibility index (Phi) is 5.20. The van der Waals surface area contributed by atoms with E-state index >= 15 is 0 Å². The van der Waals surface area contributed by atoms with Crippen molar-refractivity contribution in [2.45, 2.75) is 38.7 Å². The Balaban J connectivity index is 2.24. The van der Waals surface area contributed by atoms with Gasteiger partial charge in [-0.05, 0) is 26.2 Å². The van der Waals surface area contributed by atoms with Gasteiger partial charge in [0.15, 0.2) is 0 Å². The second-order valence-corrected chi connectivity index (χ2v) is 3.79. The van der Waals surface area contributed by atoms with Crippen LogP contribution in [0.25, 0.3) is 0 Å². The minimum absolute atomic E-state index is 0.144. The number of carbonyl (C=O) groups is 1. The predicted molar refractivity (Wildman–Crippen MR) is 59.3 cm³/mol. The highest BCUT2D eigenvalue weighted by atomic mass is 16.5. The van der Waals surface area contributed by atoms with Crippen molar-refractivity contribution in [2.75, 3.05) is 19.7 Å². The van der Waals surface area contributed by atoms with Gasteiger partial charge < -0.3 is 9.64 Å². The zero-order chi connectivity index (χ0) is 11.1. The average molecular weight is 209 g/mol. The summed E-state index contributed by atoms with van der Waals surface area (Å²) >= 11 is 0. The summed E-state index contributed by atoms with van der Waals surface area (Å²) in [6.07, 6.45) is 9.09. The fourth-order valence-corrected chi connectivity index (χ4v) is 1.80. The summed E-state index contributed by atoms with van der Waals surface area (Å²) in [5.74, 6) is 2.65. The number of amides is 1. The van der Waals surface area contributed by atoms with Gasteiger partial charge in [-0.1, -0.05) is 5.92 Å². The van der Waals surface area contributed by atoms with Crippen LogP contribution in [0.4, 0.5) is 0 Å². The lowest BCUT2D eigenvalue weighted by Crippen LogP contribution is -2.31. The van der Waals surface area contributed by atoms with Crippen molar-refractivity contribution >= 4 is 5.91 Å². The minimum atomic E-state index is 0.144. The predicted octanol–water partition coefficient (Wildman–Crippen LogP) is 1.43. The molecule has 15 heavy (non-hydrogen) atoms. The van der Waals surface area contributed by atoms with Gasteiger partial charge in [-0.15, -0.1) is 6.42 Å². The highest BCUT2D eigenvalue weighted by Gasteiger charge is 2.18. The Bertz CT molecular complexity index is 238. The van der Waals surface area contributed by atoms with Gasteiger partial charge in [-0.2, -0.15) is 0 Å². The van der Waals surface area contributed by atoms with E-state index in [0.29, 0.717) is 25.6 Å². The van der Waals surface area contributed by atoms with E-state index in [1.54, 1.807) is 4.90 Å². The first-order valence-electron chi connectivity index (χ1n) is 5.60. The van der Waals surface area contributed by atoms with E-state index < -0.39 is 0 Å². The second-order valence-electron chi connectivity index (χ2n) is 3.79. The Hall–Kier alpha value is -1.01. The van der Waals surface area contributed by atoms with Crippen LogP contribution in [0.5, 0.6) is 0 Å². The van der Waals surface area contributed by atoms with Crippen LogP contribution in [-0.2, 0) is 9.53 Å². The third-order valence-electron chi connectivity index (χ3n) is 2.72. The van der Waals surface area contributed by atoms with Gasteiger partial charge >= 0.3 is 0 Å². The van der Waals surface area contributed by atoms with Gasteiger partial charge in [0, 0.05) is 19.6 Å². The number of hydrogen-bond acceptors (Lipinski definition) is 2. The molecule has 1 aliphatic heterocycles. The zero-order valence-electron chi connectivity index (χ0n) is 9.37. The number of terminal acetylenes is 1. The summed E-state index contributed by atoms with van der Waals surface area (Å²) in [6, 6.07) is 0. The number of carbonyl (C=O) groups excluding carboxylic acids is 1. The van der Waals surface area contributed by atoms with Crippen molar-refractivity contribution in [1.29, 1.82) is 0 Å². The lowest BCUT2D eigenvalue weighted by molar-refractivity contribution is -0.131. The van der Waals surface area contributed by atoms with Crippen LogP contribution < -0.4 is 0 Å². The molecule has 0 aromatic heterocycles. The van der Waals surface area contributed by atoms with Gasteiger partial charge in [0.05, 0.1) is 12.6 Å². The Morgan fingerprint density at radius 1 is 1.67 bits per heavy atom. The first-order valence-corrected chi connectivity index (χ1v) is 5.60. The average Bonchev–Trinajstić information content (AvgIpc) is 2.75. The zero-order valence-corrected chi connectivity index (χ0v) is 9.37. The maximum Gasteiger partial charge on any atom is 0.223 e. The monoisotopic (exact) mass is 209 g/mol. The molecule has 84 valence electrons. The van der Waals surface area contributed by atoms with Crippen LogP contribution in [0, 0.1) is 12.3 Å². The quantitative estimate of drug-likeness (QED) is 0.641. The van der Waals surface area contributed by atoms with Gasteiger partial charge in [-0.3, -0.25) is 4.79 Å². The summed E-state index contributed by atoms with van der Waals surface area (Å²) < 4.78 is 5.47. The van der Waals surface area contributed by atoms with Crippen molar-refractivity contribution in [3.05, 3.63) is 0 Å². The first kappa shape index (κ1) is 12.1. The molecule has 0 saturated carbocycles. The molecule has 1 heterocycles. The van der Waals surface area contributed by atoms with Crippen molar-refractivity contribution in [1.82, 2.24) is 4.90 Å². The van der Waals surface area contributed by atoms with Crippen LogP contribution >= 0.6 is 0 Å². The molecular weight excluding hydrogens is 190 g/mol. The van der Waals surface area contributed by atoms with E-state index in [4.69, 9.17) is 11.2 Å². The lowest BCUT2D eigenvalue weighted by Gasteiger charge is -2.18. The highest BCUT2D eigenvalue weighted by molar-refractivity contribution is 5.76. The summed E-state index contributed by atoms with van der Waals surface area (Å²) in [5.41, 5.74) is 0. The SMILES string of the molecule is C#CCN(CC)C(=O)CCC1CCCO1. The number of ether oxygens (including phenoxy) is 1. The number of hydrogen-bond donors (Lipinski definition) is 0. The lowest BCUT2D eigenvalue weighted by atomic mass is 10.1. The molecule has 0 aromatic carbocycles. The van der Waals surface area contributed by atoms with Crippen LogP contribution in [0.3, 0.4) is 0 Å². The third kappa shape index (κ3) is 3.93. The summed E-state index contributed by atoms with van der Waals surface area (Å²) in [4.78, 5) is 13.4. The van der Waals surface area contributed by atoms with Crippen molar-refractivity contribution in [3.8, 4) is 12.3 Å². The van der Waals surface area contributed by atoms with Crippen LogP contribution in [0.1, 0.15) is 32.6 Å². The molecule has 1 aliphatic rings. The Labute approximate surface area is 91.8 Å². The number of rotatable bonds is 5. The molecule has 0 bridgehead atoms. The highest BCUT2D eigenvalue weighted by Crippen LogP contribution is 2.17. The van der Waals surface area contributed by atoms with Crippen LogP contribution in [0.15, 0.2) is 0 Å². The summed E-state index contributed by atoms with van der Waals surface area (Å²) in [6.45, 7) is 3.90. The van der Waals surface area contributed by atoms with E-state index in [9.17, 15) is 4.79 Å². The third-order valence-corrected chi connectivity index (χ3v) is 2.72. The standard InChI is InChI=1S/C12H19NO2/c1-3-9-13(4-2)12(14)8-7-11-6-5-10-15-11/h1,11H,4-10H2,2H3. The Morgan fingerprint density at radius 2 is 2.47 bits per heavy atom. The van der Waals surface area contributed by atoms with Crippen molar-refractivity contribution in [2.24, 2.45) is 0 Å². The minimum Gasteiger partial charge on any atom is -0.378 e. The topological polar surface area (TPSA) is 29.5 Å². The normalized spacial score (nSPS) is 19.9. The molecule has 0 radical (unpaired) electrons. The molecule has 0 aliphatic carbocycles. The molecule has 1 fully saturated rings. The van der Waals surface area contributed by atoms with E-state index in [1.807, 2.05) is 6.92 Å². The fraction of sp³-hybridized carbons (Fsp3) is 0.750. The van der Waals surface area contributed by atoms with Gasteiger partial charge in [0.25, 0.3) is 0 Å². The molecule has 0 N–H and O–H groups in total. The summed E-state index contributed by atoms with van der Waals surface area (Å²) in [5, 5.41) is 0. The maximum atomic E-state index is 11.7. The molecular formula is C12H19NO2. The maximum absolute atomic E-state index is 11.7. The molecule has 1 amide bonds. The van der Waals surface area contributed by atoms with E-state index in [2.05, 4.69) is 5.92 Å². The summed E-state index contributed by atoms with van der Waals surface area (Å²) in [7, 11) is 0. The van der Waals surface area contributed by atoms with Crippen molar-refractivity contribution in [3.63, 3.8) is 0 Å². The fourth-order valence-electron chi connectivity index (χ4n) is 1.80. The second kappa shape index (κ2) is 6.47. The van der Waals surface area contributed by atoms with Crippen LogP contribution in [0.2, 0.25) is 0 Å².